The van der Waals surface area contributed by atoms with E-state index < -0.39 is 23.3 Å². The molecule has 0 radical (unpaired) electrons. The van der Waals surface area contributed by atoms with Crippen LogP contribution in [0.25, 0.3) is 10.9 Å². The van der Waals surface area contributed by atoms with E-state index in [1.165, 1.54) is 12.1 Å². The minimum absolute atomic E-state index is 0.216. The fourth-order valence-corrected chi connectivity index (χ4v) is 3.09. The van der Waals surface area contributed by atoms with Crippen molar-refractivity contribution in [2.75, 3.05) is 0 Å². The highest BCUT2D eigenvalue weighted by molar-refractivity contribution is 6.06. The summed E-state index contributed by atoms with van der Waals surface area (Å²) in [5.74, 6) is -1.38. The Balaban J connectivity index is 1.96. The van der Waals surface area contributed by atoms with Gasteiger partial charge in [-0.15, -0.1) is 0 Å². The summed E-state index contributed by atoms with van der Waals surface area (Å²) in [6.07, 6.45) is 0. The van der Waals surface area contributed by atoms with Gasteiger partial charge in [0.15, 0.2) is 5.69 Å². The van der Waals surface area contributed by atoms with Crippen molar-refractivity contribution in [1.29, 1.82) is 0 Å². The van der Waals surface area contributed by atoms with Crippen LogP contribution in [-0.2, 0) is 11.3 Å². The summed E-state index contributed by atoms with van der Waals surface area (Å²) in [6.45, 7) is 5.86. The van der Waals surface area contributed by atoms with Gasteiger partial charge in [0.2, 0.25) is 5.91 Å². The van der Waals surface area contributed by atoms with E-state index in [1.807, 2.05) is 39.0 Å². The van der Waals surface area contributed by atoms with Gasteiger partial charge < -0.3 is 11.1 Å². The van der Waals surface area contributed by atoms with Gasteiger partial charge in [-0.2, -0.15) is 5.10 Å². The maximum Gasteiger partial charge on any atom is 0.273 e. The number of nitrogens with one attached hydrogen (secondary N) is 1. The molecule has 0 fully saturated rings. The van der Waals surface area contributed by atoms with Gasteiger partial charge in [0.1, 0.15) is 11.9 Å². The van der Waals surface area contributed by atoms with E-state index in [-0.39, 0.29) is 11.5 Å². The van der Waals surface area contributed by atoms with E-state index in [0.717, 1.165) is 11.1 Å². The second-order valence-corrected chi connectivity index (χ2v) is 7.82. The number of halogens is 1. The highest BCUT2D eigenvalue weighted by atomic mass is 19.1. The SMILES string of the molecule is CC(C)(C)[C@@H](NC(=O)c1nn(Cc2ccc(F)cc2)c2ccccc12)C(N)=O. The second-order valence-electron chi connectivity index (χ2n) is 7.82. The summed E-state index contributed by atoms with van der Waals surface area (Å²) in [7, 11) is 0. The summed E-state index contributed by atoms with van der Waals surface area (Å²) in [4.78, 5) is 24.7. The number of hydrogen-bond donors (Lipinski definition) is 2. The van der Waals surface area contributed by atoms with Crippen molar-refractivity contribution in [1.82, 2.24) is 15.1 Å². The quantitative estimate of drug-likeness (QED) is 0.711. The van der Waals surface area contributed by atoms with E-state index in [2.05, 4.69) is 10.4 Å². The molecular formula is C21H23FN4O2. The Morgan fingerprint density at radius 3 is 2.39 bits per heavy atom. The first-order valence-electron chi connectivity index (χ1n) is 8.97. The van der Waals surface area contributed by atoms with Crippen LogP contribution in [0.1, 0.15) is 36.8 Å². The predicted molar refractivity (Wildman–Crippen MR) is 105 cm³/mol. The molecule has 0 aliphatic heterocycles. The van der Waals surface area contributed by atoms with Crippen LogP contribution in [0.4, 0.5) is 4.39 Å². The van der Waals surface area contributed by atoms with Gasteiger partial charge in [0.25, 0.3) is 5.91 Å². The smallest absolute Gasteiger partial charge is 0.273 e. The average Bonchev–Trinajstić information content (AvgIpc) is 2.99. The lowest BCUT2D eigenvalue weighted by Crippen LogP contribution is -2.52. The fraction of sp³-hybridized carbons (Fsp3) is 0.286. The molecule has 6 nitrogen and oxygen atoms in total. The van der Waals surface area contributed by atoms with Gasteiger partial charge in [0, 0.05) is 5.39 Å². The standard InChI is InChI=1S/C21H23FN4O2/c1-21(2,3)18(19(23)27)24-20(28)17-15-6-4-5-7-16(15)26(25-17)12-13-8-10-14(22)11-9-13/h4-11,18H,12H2,1-3H3,(H2,23,27)(H,24,28)/t18-/m0/s1. The molecule has 7 heteroatoms. The maximum absolute atomic E-state index is 13.2. The van der Waals surface area contributed by atoms with Crippen LogP contribution in [0.2, 0.25) is 0 Å². The van der Waals surface area contributed by atoms with Gasteiger partial charge in [-0.1, -0.05) is 51.1 Å². The molecule has 0 spiro atoms. The van der Waals surface area contributed by atoms with Crippen LogP contribution in [0.5, 0.6) is 0 Å². The number of para-hydroxylation sites is 1. The second kappa shape index (κ2) is 7.42. The molecular weight excluding hydrogens is 359 g/mol. The highest BCUT2D eigenvalue weighted by Gasteiger charge is 2.32. The molecule has 0 bridgehead atoms. The van der Waals surface area contributed by atoms with Gasteiger partial charge in [0.05, 0.1) is 12.1 Å². The number of benzene rings is 2. The van der Waals surface area contributed by atoms with Crippen molar-refractivity contribution in [3.05, 3.63) is 65.6 Å². The molecule has 3 rings (SSSR count). The monoisotopic (exact) mass is 382 g/mol. The highest BCUT2D eigenvalue weighted by Crippen LogP contribution is 2.22. The maximum atomic E-state index is 13.2. The van der Waals surface area contributed by atoms with Crippen LogP contribution in [0.15, 0.2) is 48.5 Å². The number of carbonyl (C=O) groups excluding carboxylic acids is 2. The first-order valence-corrected chi connectivity index (χ1v) is 8.97. The third-order valence-electron chi connectivity index (χ3n) is 4.54. The molecule has 146 valence electrons. The Morgan fingerprint density at radius 2 is 1.79 bits per heavy atom. The summed E-state index contributed by atoms with van der Waals surface area (Å²) in [5.41, 5.74) is 6.77. The molecule has 1 heterocycles. The van der Waals surface area contributed by atoms with Gasteiger partial charge >= 0.3 is 0 Å². The summed E-state index contributed by atoms with van der Waals surface area (Å²) in [6, 6.07) is 12.6. The van der Waals surface area contributed by atoms with Crippen molar-refractivity contribution < 1.29 is 14.0 Å². The minimum atomic E-state index is -0.832. The van der Waals surface area contributed by atoms with Crippen LogP contribution < -0.4 is 11.1 Å². The zero-order valence-electron chi connectivity index (χ0n) is 16.1. The molecule has 3 N–H and O–H groups in total. The molecule has 0 unspecified atom stereocenters. The van der Waals surface area contributed by atoms with E-state index >= 15 is 0 Å². The lowest BCUT2D eigenvalue weighted by atomic mass is 9.86. The molecule has 0 saturated heterocycles. The van der Waals surface area contributed by atoms with Crippen molar-refractivity contribution in [3.8, 4) is 0 Å². The first-order chi connectivity index (χ1) is 13.2. The van der Waals surface area contributed by atoms with Crippen molar-refractivity contribution >= 4 is 22.7 Å². The molecule has 1 atom stereocenters. The lowest BCUT2D eigenvalue weighted by Gasteiger charge is -2.28. The first kappa shape index (κ1) is 19.5. The van der Waals surface area contributed by atoms with E-state index in [4.69, 9.17) is 5.73 Å². The summed E-state index contributed by atoms with van der Waals surface area (Å²) >= 11 is 0. The average molecular weight is 382 g/mol. The number of carbonyl (C=O) groups is 2. The largest absolute Gasteiger partial charge is 0.368 e. The van der Waals surface area contributed by atoms with Crippen molar-refractivity contribution in [3.63, 3.8) is 0 Å². The zero-order valence-corrected chi connectivity index (χ0v) is 16.1. The number of nitrogens with zero attached hydrogens (tertiary/aromatic N) is 2. The van der Waals surface area contributed by atoms with E-state index in [0.29, 0.717) is 11.9 Å². The summed E-state index contributed by atoms with van der Waals surface area (Å²) in [5, 5.41) is 7.84. The third kappa shape index (κ3) is 4.03. The lowest BCUT2D eigenvalue weighted by molar-refractivity contribution is -0.122. The molecule has 0 saturated carbocycles. The van der Waals surface area contributed by atoms with Gasteiger partial charge in [-0.25, -0.2) is 4.39 Å². The van der Waals surface area contributed by atoms with E-state index in [9.17, 15) is 14.0 Å². The number of rotatable bonds is 5. The Morgan fingerprint density at radius 1 is 1.14 bits per heavy atom. The number of amides is 2. The Hall–Kier alpha value is -3.22. The van der Waals surface area contributed by atoms with Crippen molar-refractivity contribution in [2.24, 2.45) is 11.1 Å². The zero-order chi connectivity index (χ0) is 20.5. The van der Waals surface area contributed by atoms with Crippen LogP contribution >= 0.6 is 0 Å². The third-order valence-corrected chi connectivity index (χ3v) is 4.54. The number of aromatic nitrogens is 2. The topological polar surface area (TPSA) is 90.0 Å². The Labute approximate surface area is 162 Å². The molecule has 0 aliphatic rings. The van der Waals surface area contributed by atoms with Crippen LogP contribution in [0.3, 0.4) is 0 Å². The van der Waals surface area contributed by atoms with Gasteiger partial charge in [-0.05, 0) is 29.2 Å². The summed E-state index contributed by atoms with van der Waals surface area (Å²) < 4.78 is 14.8. The fourth-order valence-electron chi connectivity index (χ4n) is 3.09. The van der Waals surface area contributed by atoms with Gasteiger partial charge in [-0.3, -0.25) is 14.3 Å². The Bertz CT molecular complexity index is 1020. The number of fused-ring (bicyclic) bond motifs is 1. The molecule has 1 aromatic heterocycles. The Kier molecular flexibility index (Phi) is 5.18. The predicted octanol–water partition coefficient (Wildman–Crippen LogP) is 2.85. The normalized spacial score (nSPS) is 12.7. The van der Waals surface area contributed by atoms with Crippen molar-refractivity contribution in [2.45, 2.75) is 33.4 Å². The van der Waals surface area contributed by atoms with E-state index in [1.54, 1.807) is 22.9 Å². The van der Waals surface area contributed by atoms with Crippen LogP contribution in [0, 0.1) is 11.2 Å². The van der Waals surface area contributed by atoms with Crippen LogP contribution in [-0.4, -0.2) is 27.6 Å². The molecule has 2 amide bonds. The minimum Gasteiger partial charge on any atom is -0.368 e. The molecule has 3 aromatic rings. The number of nitrogens with two attached hydrogens (primary N) is 1. The molecule has 28 heavy (non-hydrogen) atoms. The number of primary amides is 1. The molecule has 2 aromatic carbocycles. The number of hydrogen-bond acceptors (Lipinski definition) is 3. The molecule has 0 aliphatic carbocycles.